The Morgan fingerprint density at radius 1 is 1.12 bits per heavy atom. The Kier molecular flexibility index (Phi) is 6.26. The number of hydrogen-bond donors (Lipinski definition) is 1. The predicted octanol–water partition coefficient (Wildman–Crippen LogP) is 2.09. The largest absolute Gasteiger partial charge is 0.347 e. The highest BCUT2D eigenvalue weighted by molar-refractivity contribution is 7.09. The van der Waals surface area contributed by atoms with E-state index in [1.54, 1.807) is 11.3 Å². The van der Waals surface area contributed by atoms with Gasteiger partial charge < -0.3 is 10.2 Å². The fourth-order valence-corrected chi connectivity index (χ4v) is 4.31. The molecule has 132 valence electrons. The molecule has 2 aliphatic rings. The highest BCUT2D eigenvalue weighted by Crippen LogP contribution is 2.23. The molecule has 0 bridgehead atoms. The average molecular weight is 350 g/mol. The molecule has 0 aromatic carbocycles. The summed E-state index contributed by atoms with van der Waals surface area (Å²) in [5.41, 5.74) is 0. The zero-order valence-electron chi connectivity index (χ0n) is 14.2. The van der Waals surface area contributed by atoms with Crippen LogP contribution in [0.1, 0.15) is 37.0 Å². The van der Waals surface area contributed by atoms with Crippen molar-refractivity contribution in [1.29, 1.82) is 0 Å². The van der Waals surface area contributed by atoms with Crippen LogP contribution < -0.4 is 5.32 Å². The van der Waals surface area contributed by atoms with Crippen molar-refractivity contribution in [1.82, 2.24) is 15.1 Å². The first-order valence-electron chi connectivity index (χ1n) is 9.02. The van der Waals surface area contributed by atoms with Gasteiger partial charge in [0, 0.05) is 43.5 Å². The van der Waals surface area contributed by atoms with Gasteiger partial charge in [-0.25, -0.2) is 0 Å². The maximum Gasteiger partial charge on any atom is 0.242 e. The van der Waals surface area contributed by atoms with Crippen molar-refractivity contribution in [2.45, 2.75) is 38.6 Å². The molecule has 24 heavy (non-hydrogen) atoms. The van der Waals surface area contributed by atoms with Crippen LogP contribution in [0.3, 0.4) is 0 Å². The smallest absolute Gasteiger partial charge is 0.242 e. The van der Waals surface area contributed by atoms with E-state index < -0.39 is 0 Å². The molecule has 2 fully saturated rings. The van der Waals surface area contributed by atoms with Crippen molar-refractivity contribution in [3.8, 4) is 0 Å². The van der Waals surface area contributed by atoms with Gasteiger partial charge in [0.1, 0.15) is 0 Å². The molecule has 0 unspecified atom stereocenters. The fraction of sp³-hybridized carbons (Fsp3) is 0.667. The third-order valence-corrected chi connectivity index (χ3v) is 5.94. The van der Waals surface area contributed by atoms with Gasteiger partial charge in [-0.05, 0) is 24.3 Å². The molecule has 0 spiro atoms. The fourth-order valence-electron chi connectivity index (χ4n) is 3.56. The van der Waals surface area contributed by atoms with E-state index in [0.717, 1.165) is 58.4 Å². The normalized spacial score (nSPS) is 20.1. The predicted molar refractivity (Wildman–Crippen MR) is 95.8 cm³/mol. The van der Waals surface area contributed by atoms with E-state index in [-0.39, 0.29) is 24.3 Å². The van der Waals surface area contributed by atoms with Gasteiger partial charge in [-0.3, -0.25) is 14.5 Å². The molecule has 5 nitrogen and oxygen atoms in total. The Labute approximate surface area is 148 Å². The molecule has 1 N–H and O–H groups in total. The summed E-state index contributed by atoms with van der Waals surface area (Å²) in [6.45, 7) is 4.44. The summed E-state index contributed by atoms with van der Waals surface area (Å²) in [5, 5.41) is 4.96. The Balaban J connectivity index is 1.36. The monoisotopic (exact) mass is 349 g/mol. The van der Waals surface area contributed by atoms with Crippen LogP contribution in [0.2, 0.25) is 0 Å². The van der Waals surface area contributed by atoms with Gasteiger partial charge >= 0.3 is 0 Å². The number of hydrogen-bond acceptors (Lipinski definition) is 4. The van der Waals surface area contributed by atoms with Gasteiger partial charge in [-0.15, -0.1) is 11.3 Å². The highest BCUT2D eigenvalue weighted by Gasteiger charge is 2.24. The van der Waals surface area contributed by atoms with E-state index in [2.05, 4.69) is 27.7 Å². The van der Waals surface area contributed by atoms with Gasteiger partial charge in [-0.2, -0.15) is 0 Å². The Morgan fingerprint density at radius 3 is 2.54 bits per heavy atom. The summed E-state index contributed by atoms with van der Waals surface area (Å²) >= 11 is 1.78. The van der Waals surface area contributed by atoms with E-state index in [4.69, 9.17) is 0 Å². The number of thiophene rings is 1. The summed E-state index contributed by atoms with van der Waals surface area (Å²) in [6, 6.07) is 4.23. The molecule has 1 saturated heterocycles. The molecule has 2 amide bonds. The molecule has 0 radical (unpaired) electrons. The van der Waals surface area contributed by atoms with Crippen LogP contribution in [0.25, 0.3) is 0 Å². The SMILES string of the molecule is O=C(NCC(=O)N1CCN(Cc2cccs2)CC1)C1CCCCC1. The van der Waals surface area contributed by atoms with Crippen molar-refractivity contribution in [2.24, 2.45) is 5.92 Å². The van der Waals surface area contributed by atoms with Crippen LogP contribution in [0.4, 0.5) is 0 Å². The van der Waals surface area contributed by atoms with Gasteiger partial charge in [0.25, 0.3) is 0 Å². The first-order valence-corrected chi connectivity index (χ1v) is 9.90. The number of carbonyl (C=O) groups excluding carboxylic acids is 2. The third-order valence-electron chi connectivity index (χ3n) is 5.07. The van der Waals surface area contributed by atoms with Gasteiger partial charge in [0.05, 0.1) is 6.54 Å². The number of amides is 2. The number of nitrogens with zero attached hydrogens (tertiary/aromatic N) is 2. The van der Waals surface area contributed by atoms with Crippen molar-refractivity contribution >= 4 is 23.2 Å². The standard InChI is InChI=1S/C18H27N3O2S/c22-17(13-19-18(23)15-5-2-1-3-6-15)21-10-8-20(9-11-21)14-16-7-4-12-24-16/h4,7,12,15H,1-3,5-6,8-11,13-14H2,(H,19,23). The van der Waals surface area contributed by atoms with Gasteiger partial charge in [0.2, 0.25) is 11.8 Å². The lowest BCUT2D eigenvalue weighted by Crippen LogP contribution is -2.51. The topological polar surface area (TPSA) is 52.7 Å². The van der Waals surface area contributed by atoms with E-state index in [9.17, 15) is 9.59 Å². The molecule has 1 aliphatic carbocycles. The summed E-state index contributed by atoms with van der Waals surface area (Å²) in [5.74, 6) is 0.239. The number of rotatable bonds is 5. The van der Waals surface area contributed by atoms with Crippen LogP contribution in [0, 0.1) is 5.92 Å². The van der Waals surface area contributed by atoms with Gasteiger partial charge in [0.15, 0.2) is 0 Å². The van der Waals surface area contributed by atoms with Crippen LogP contribution in [0.5, 0.6) is 0 Å². The second-order valence-electron chi connectivity index (χ2n) is 6.79. The van der Waals surface area contributed by atoms with Crippen molar-refractivity contribution in [3.05, 3.63) is 22.4 Å². The summed E-state index contributed by atoms with van der Waals surface area (Å²) in [4.78, 5) is 30.1. The summed E-state index contributed by atoms with van der Waals surface area (Å²) in [7, 11) is 0. The van der Waals surface area contributed by atoms with E-state index >= 15 is 0 Å². The lowest BCUT2D eigenvalue weighted by molar-refractivity contribution is -0.135. The van der Waals surface area contributed by atoms with Crippen LogP contribution in [0.15, 0.2) is 17.5 Å². The first-order chi connectivity index (χ1) is 11.7. The molecular formula is C18H27N3O2S. The second-order valence-corrected chi connectivity index (χ2v) is 7.82. The van der Waals surface area contributed by atoms with E-state index in [0.29, 0.717) is 0 Å². The quantitative estimate of drug-likeness (QED) is 0.886. The second kappa shape index (κ2) is 8.62. The Morgan fingerprint density at radius 2 is 1.88 bits per heavy atom. The molecular weight excluding hydrogens is 322 g/mol. The molecule has 6 heteroatoms. The van der Waals surface area contributed by atoms with Crippen LogP contribution in [-0.4, -0.2) is 54.3 Å². The molecule has 1 aliphatic heterocycles. The van der Waals surface area contributed by atoms with E-state index in [1.807, 2.05) is 4.90 Å². The highest BCUT2D eigenvalue weighted by atomic mass is 32.1. The minimum atomic E-state index is 0.0509. The molecule has 2 heterocycles. The van der Waals surface area contributed by atoms with Crippen LogP contribution in [-0.2, 0) is 16.1 Å². The zero-order chi connectivity index (χ0) is 16.8. The Bertz CT molecular complexity index is 532. The molecule has 0 atom stereocenters. The number of nitrogens with one attached hydrogen (secondary N) is 1. The first kappa shape index (κ1) is 17.4. The van der Waals surface area contributed by atoms with E-state index in [1.165, 1.54) is 11.3 Å². The number of carbonyl (C=O) groups is 2. The maximum absolute atomic E-state index is 12.3. The van der Waals surface area contributed by atoms with Crippen molar-refractivity contribution in [3.63, 3.8) is 0 Å². The lowest BCUT2D eigenvalue weighted by atomic mass is 9.89. The zero-order valence-corrected chi connectivity index (χ0v) is 15.0. The van der Waals surface area contributed by atoms with Crippen molar-refractivity contribution in [2.75, 3.05) is 32.7 Å². The molecule has 3 rings (SSSR count). The Hall–Kier alpha value is -1.40. The van der Waals surface area contributed by atoms with Crippen LogP contribution >= 0.6 is 11.3 Å². The molecule has 1 aromatic rings. The minimum Gasteiger partial charge on any atom is -0.347 e. The number of piperazine rings is 1. The average Bonchev–Trinajstić information content (AvgIpc) is 3.14. The minimum absolute atomic E-state index is 0.0509. The van der Waals surface area contributed by atoms with Crippen molar-refractivity contribution < 1.29 is 9.59 Å². The van der Waals surface area contributed by atoms with Gasteiger partial charge in [-0.1, -0.05) is 25.3 Å². The lowest BCUT2D eigenvalue weighted by Gasteiger charge is -2.34. The maximum atomic E-state index is 12.3. The molecule has 1 aromatic heterocycles. The summed E-state index contributed by atoms with van der Waals surface area (Å²) in [6.07, 6.45) is 5.46. The summed E-state index contributed by atoms with van der Waals surface area (Å²) < 4.78 is 0. The molecule has 1 saturated carbocycles. The third kappa shape index (κ3) is 4.80.